The number of nitrogens with zero attached hydrogens (tertiary/aromatic N) is 1. The first-order valence-corrected chi connectivity index (χ1v) is 6.48. The smallest absolute Gasteiger partial charge is 0.406 e. The molecular weight excluding hydrogens is 319 g/mol. The Morgan fingerprint density at radius 2 is 1.91 bits per heavy atom. The van der Waals surface area contributed by atoms with Crippen LogP contribution in [0.3, 0.4) is 0 Å². The van der Waals surface area contributed by atoms with Gasteiger partial charge in [0.1, 0.15) is 5.75 Å². The van der Waals surface area contributed by atoms with Gasteiger partial charge in [-0.2, -0.15) is 5.10 Å². The standard InChI is InChI=1S/C14H16F3N3O.ClH/c1-10-12(9-19-20-10)8-18-7-6-11-2-4-13(5-3-11)21-14(15,16)17;/h2-5,9,18H,6-8H2,1H3,(H,19,20);1H. The van der Waals surface area contributed by atoms with Gasteiger partial charge in [-0.05, 0) is 37.6 Å². The number of alkyl halides is 3. The van der Waals surface area contributed by atoms with Gasteiger partial charge in [0.05, 0.1) is 6.20 Å². The summed E-state index contributed by atoms with van der Waals surface area (Å²) < 4.78 is 39.9. The van der Waals surface area contributed by atoms with Gasteiger partial charge in [-0.3, -0.25) is 5.10 Å². The van der Waals surface area contributed by atoms with Crippen molar-refractivity contribution in [2.45, 2.75) is 26.3 Å². The summed E-state index contributed by atoms with van der Waals surface area (Å²) in [6, 6.07) is 5.91. The highest BCUT2D eigenvalue weighted by Gasteiger charge is 2.30. The monoisotopic (exact) mass is 335 g/mol. The van der Waals surface area contributed by atoms with Gasteiger partial charge in [0.25, 0.3) is 0 Å². The molecule has 22 heavy (non-hydrogen) atoms. The van der Waals surface area contributed by atoms with E-state index in [4.69, 9.17) is 0 Å². The van der Waals surface area contributed by atoms with Crippen LogP contribution in [-0.4, -0.2) is 23.1 Å². The Morgan fingerprint density at radius 3 is 2.45 bits per heavy atom. The number of benzene rings is 1. The fourth-order valence-electron chi connectivity index (χ4n) is 1.87. The number of aromatic amines is 1. The van der Waals surface area contributed by atoms with E-state index in [2.05, 4.69) is 20.3 Å². The summed E-state index contributed by atoms with van der Waals surface area (Å²) in [5.41, 5.74) is 3.07. The van der Waals surface area contributed by atoms with Crippen molar-refractivity contribution in [3.63, 3.8) is 0 Å². The van der Waals surface area contributed by atoms with Crippen molar-refractivity contribution >= 4 is 12.4 Å². The molecule has 0 saturated carbocycles. The van der Waals surface area contributed by atoms with Crippen molar-refractivity contribution in [3.8, 4) is 5.75 Å². The van der Waals surface area contributed by atoms with Gasteiger partial charge >= 0.3 is 6.36 Å². The van der Waals surface area contributed by atoms with E-state index in [0.717, 1.165) is 29.8 Å². The quantitative estimate of drug-likeness (QED) is 0.796. The first kappa shape index (κ1) is 18.3. The number of hydrogen-bond donors (Lipinski definition) is 2. The summed E-state index contributed by atoms with van der Waals surface area (Å²) >= 11 is 0. The highest BCUT2D eigenvalue weighted by molar-refractivity contribution is 5.85. The van der Waals surface area contributed by atoms with Gasteiger partial charge in [0, 0.05) is 17.8 Å². The van der Waals surface area contributed by atoms with Crippen molar-refractivity contribution < 1.29 is 17.9 Å². The number of aryl methyl sites for hydroxylation is 1. The Hall–Kier alpha value is -1.73. The summed E-state index contributed by atoms with van der Waals surface area (Å²) in [7, 11) is 0. The topological polar surface area (TPSA) is 49.9 Å². The van der Waals surface area contributed by atoms with E-state index in [1.807, 2.05) is 6.92 Å². The van der Waals surface area contributed by atoms with Crippen LogP contribution in [0.15, 0.2) is 30.5 Å². The Balaban J connectivity index is 0.00000242. The highest BCUT2D eigenvalue weighted by atomic mass is 35.5. The van der Waals surface area contributed by atoms with Crippen LogP contribution in [-0.2, 0) is 13.0 Å². The van der Waals surface area contributed by atoms with E-state index in [9.17, 15) is 13.2 Å². The van der Waals surface area contributed by atoms with Crippen LogP contribution < -0.4 is 10.1 Å². The summed E-state index contributed by atoms with van der Waals surface area (Å²) in [6.45, 7) is 3.38. The second-order valence-electron chi connectivity index (χ2n) is 4.64. The van der Waals surface area contributed by atoms with Crippen LogP contribution >= 0.6 is 12.4 Å². The molecule has 2 aromatic rings. The predicted octanol–water partition coefficient (Wildman–Crippen LogP) is 3.37. The summed E-state index contributed by atoms with van der Waals surface area (Å²) in [5.74, 6) is -0.201. The molecule has 0 amide bonds. The van der Waals surface area contributed by atoms with Crippen LogP contribution in [0.5, 0.6) is 5.75 Å². The maximum Gasteiger partial charge on any atom is 0.573 e. The van der Waals surface area contributed by atoms with Crippen molar-refractivity contribution in [3.05, 3.63) is 47.3 Å². The number of aromatic nitrogens is 2. The van der Waals surface area contributed by atoms with Gasteiger partial charge < -0.3 is 10.1 Å². The van der Waals surface area contributed by atoms with Gasteiger partial charge in [-0.25, -0.2) is 0 Å². The highest BCUT2D eigenvalue weighted by Crippen LogP contribution is 2.22. The number of nitrogens with one attached hydrogen (secondary N) is 2. The average Bonchev–Trinajstić information content (AvgIpc) is 2.80. The molecule has 1 aromatic carbocycles. The number of hydrogen-bond acceptors (Lipinski definition) is 3. The molecule has 1 aromatic heterocycles. The molecule has 4 nitrogen and oxygen atoms in total. The van der Waals surface area contributed by atoms with E-state index >= 15 is 0 Å². The third kappa shape index (κ3) is 5.95. The molecule has 2 rings (SSSR count). The largest absolute Gasteiger partial charge is 0.573 e. The minimum atomic E-state index is -4.65. The first-order valence-electron chi connectivity index (χ1n) is 6.48. The lowest BCUT2D eigenvalue weighted by Gasteiger charge is -2.09. The molecular formula is C14H17ClF3N3O. The Morgan fingerprint density at radius 1 is 1.23 bits per heavy atom. The zero-order chi connectivity index (χ0) is 15.3. The van der Waals surface area contributed by atoms with E-state index in [1.54, 1.807) is 18.3 Å². The number of H-pyrrole nitrogens is 1. The molecule has 0 radical (unpaired) electrons. The third-order valence-electron chi connectivity index (χ3n) is 3.00. The molecule has 0 saturated heterocycles. The van der Waals surface area contributed by atoms with Crippen molar-refractivity contribution in [2.75, 3.05) is 6.54 Å². The SMILES string of the molecule is Cc1[nH]ncc1CNCCc1ccc(OC(F)(F)F)cc1.Cl. The number of halogens is 4. The van der Waals surface area contributed by atoms with Gasteiger partial charge in [0.2, 0.25) is 0 Å². The van der Waals surface area contributed by atoms with E-state index < -0.39 is 6.36 Å². The van der Waals surface area contributed by atoms with Crippen molar-refractivity contribution in [2.24, 2.45) is 0 Å². The molecule has 8 heteroatoms. The zero-order valence-corrected chi connectivity index (χ0v) is 12.7. The Bertz CT molecular complexity index is 569. The second-order valence-corrected chi connectivity index (χ2v) is 4.64. The fraction of sp³-hybridized carbons (Fsp3) is 0.357. The lowest BCUT2D eigenvalue weighted by atomic mass is 10.1. The van der Waals surface area contributed by atoms with Crippen LogP contribution in [0.1, 0.15) is 16.8 Å². The average molecular weight is 336 g/mol. The molecule has 0 unspecified atom stereocenters. The van der Waals surface area contributed by atoms with E-state index in [0.29, 0.717) is 6.54 Å². The van der Waals surface area contributed by atoms with Gasteiger partial charge in [-0.1, -0.05) is 12.1 Å². The molecule has 2 N–H and O–H groups in total. The molecule has 0 aliphatic carbocycles. The lowest BCUT2D eigenvalue weighted by Crippen LogP contribution is -2.17. The molecule has 1 heterocycles. The minimum absolute atomic E-state index is 0. The molecule has 122 valence electrons. The Kier molecular flexibility index (Phi) is 6.70. The second kappa shape index (κ2) is 8.05. The van der Waals surface area contributed by atoms with Gasteiger partial charge in [0.15, 0.2) is 0 Å². The number of rotatable bonds is 6. The summed E-state index contributed by atoms with van der Waals surface area (Å²) in [4.78, 5) is 0. The zero-order valence-electron chi connectivity index (χ0n) is 11.9. The maximum absolute atomic E-state index is 12.0. The van der Waals surface area contributed by atoms with Crippen LogP contribution in [0.4, 0.5) is 13.2 Å². The molecule has 0 spiro atoms. The minimum Gasteiger partial charge on any atom is -0.406 e. The predicted molar refractivity (Wildman–Crippen MR) is 79.1 cm³/mol. The van der Waals surface area contributed by atoms with Crippen molar-refractivity contribution in [1.29, 1.82) is 0 Å². The summed E-state index contributed by atoms with van der Waals surface area (Å²) in [5, 5.41) is 10.0. The van der Waals surface area contributed by atoms with Gasteiger partial charge in [-0.15, -0.1) is 25.6 Å². The van der Waals surface area contributed by atoms with Crippen LogP contribution in [0.2, 0.25) is 0 Å². The van der Waals surface area contributed by atoms with Crippen molar-refractivity contribution in [1.82, 2.24) is 15.5 Å². The van der Waals surface area contributed by atoms with E-state index in [1.165, 1.54) is 12.1 Å². The third-order valence-corrected chi connectivity index (χ3v) is 3.00. The number of ether oxygens (including phenoxy) is 1. The molecule has 0 aliphatic rings. The summed E-state index contributed by atoms with van der Waals surface area (Å²) in [6.07, 6.45) is -2.15. The molecule has 0 atom stereocenters. The maximum atomic E-state index is 12.0. The molecule has 0 aliphatic heterocycles. The lowest BCUT2D eigenvalue weighted by molar-refractivity contribution is -0.274. The molecule has 0 bridgehead atoms. The first-order chi connectivity index (χ1) is 9.94. The fourth-order valence-corrected chi connectivity index (χ4v) is 1.87. The molecule has 0 fully saturated rings. The Labute approximate surface area is 132 Å². The van der Waals surface area contributed by atoms with Crippen LogP contribution in [0, 0.1) is 6.92 Å². The normalized spacial score (nSPS) is 11.1. The van der Waals surface area contributed by atoms with E-state index in [-0.39, 0.29) is 18.2 Å². The van der Waals surface area contributed by atoms with Crippen LogP contribution in [0.25, 0.3) is 0 Å².